The molecule has 0 spiro atoms. The van der Waals surface area contributed by atoms with E-state index >= 15 is 0 Å². The van der Waals surface area contributed by atoms with Crippen LogP contribution in [0.15, 0.2) is 30.6 Å². The first-order valence-corrected chi connectivity index (χ1v) is 6.96. The Balaban J connectivity index is 2.28. The number of benzene rings is 1. The van der Waals surface area contributed by atoms with Crippen LogP contribution in [0.5, 0.6) is 5.75 Å². The Hall–Kier alpha value is -2.50. The van der Waals surface area contributed by atoms with Gasteiger partial charge in [0, 0.05) is 11.8 Å². The van der Waals surface area contributed by atoms with Crippen LogP contribution in [0.25, 0.3) is 0 Å². The number of aromatic nitrogens is 2. The van der Waals surface area contributed by atoms with Crippen LogP contribution in [0.1, 0.15) is 36.7 Å². The Labute approximate surface area is 129 Å². The van der Waals surface area contributed by atoms with E-state index in [1.807, 2.05) is 20.8 Å². The average Bonchev–Trinajstić information content (AvgIpc) is 2.82. The van der Waals surface area contributed by atoms with Gasteiger partial charge in [-0.3, -0.25) is 4.68 Å². The lowest BCUT2D eigenvalue weighted by molar-refractivity contribution is 0.00694. The molecule has 2 rings (SSSR count). The maximum Gasteiger partial charge on any atom is 0.338 e. The van der Waals surface area contributed by atoms with E-state index in [4.69, 9.17) is 15.2 Å². The number of esters is 1. The van der Waals surface area contributed by atoms with Crippen molar-refractivity contribution in [3.05, 3.63) is 41.7 Å². The molecule has 0 saturated heterocycles. The van der Waals surface area contributed by atoms with Crippen molar-refractivity contribution in [1.82, 2.24) is 9.78 Å². The van der Waals surface area contributed by atoms with Gasteiger partial charge in [0.15, 0.2) is 0 Å². The second kappa shape index (κ2) is 6.09. The molecule has 1 heterocycles. The second-order valence-corrected chi connectivity index (χ2v) is 6.00. The summed E-state index contributed by atoms with van der Waals surface area (Å²) in [6, 6.07) is 5.19. The minimum atomic E-state index is -0.534. The normalized spacial score (nSPS) is 11.3. The summed E-state index contributed by atoms with van der Waals surface area (Å²) in [5.74, 6) is 0.317. The molecule has 6 nitrogen and oxygen atoms in total. The van der Waals surface area contributed by atoms with Crippen molar-refractivity contribution in [2.45, 2.75) is 32.9 Å². The number of ether oxygens (including phenoxy) is 2. The first kappa shape index (κ1) is 15.9. The quantitative estimate of drug-likeness (QED) is 0.878. The number of rotatable bonds is 4. The third-order valence-electron chi connectivity index (χ3n) is 2.90. The van der Waals surface area contributed by atoms with E-state index in [2.05, 4.69) is 5.10 Å². The smallest absolute Gasteiger partial charge is 0.338 e. The van der Waals surface area contributed by atoms with Crippen LogP contribution in [0, 0.1) is 0 Å². The lowest BCUT2D eigenvalue weighted by Crippen LogP contribution is -2.24. The Bertz CT molecular complexity index is 672. The predicted octanol–water partition coefficient (Wildman–Crippen LogP) is 2.48. The Morgan fingerprint density at radius 3 is 2.64 bits per heavy atom. The summed E-state index contributed by atoms with van der Waals surface area (Å²) >= 11 is 0. The van der Waals surface area contributed by atoms with Gasteiger partial charge in [-0.25, -0.2) is 4.79 Å². The van der Waals surface area contributed by atoms with E-state index in [1.54, 1.807) is 42.4 Å². The lowest BCUT2D eigenvalue weighted by Gasteiger charge is -2.20. The predicted molar refractivity (Wildman–Crippen MR) is 83.9 cm³/mol. The van der Waals surface area contributed by atoms with Crippen LogP contribution in [0.3, 0.4) is 0 Å². The number of nitrogen functional groups attached to an aromatic ring is 1. The summed E-state index contributed by atoms with van der Waals surface area (Å²) < 4.78 is 12.4. The second-order valence-electron chi connectivity index (χ2n) is 6.00. The minimum absolute atomic E-state index is 0.364. The van der Waals surface area contributed by atoms with Gasteiger partial charge in [-0.1, -0.05) is 0 Å². The average molecular weight is 303 g/mol. The summed E-state index contributed by atoms with van der Waals surface area (Å²) in [7, 11) is 1.59. The van der Waals surface area contributed by atoms with Gasteiger partial charge in [0.05, 0.1) is 31.1 Å². The number of hydrogen-bond acceptors (Lipinski definition) is 5. The molecular formula is C16H21N3O3. The SMILES string of the molecule is COc1ccc(C(=O)OC(C)(C)C)cc1Cn1cc(N)cn1. The summed E-state index contributed by atoms with van der Waals surface area (Å²) in [5.41, 5.74) is 7.02. The van der Waals surface area contributed by atoms with Crippen LogP contribution in [0.4, 0.5) is 5.69 Å². The fourth-order valence-electron chi connectivity index (χ4n) is 2.01. The maximum absolute atomic E-state index is 12.2. The van der Waals surface area contributed by atoms with Crippen molar-refractivity contribution in [1.29, 1.82) is 0 Å². The van der Waals surface area contributed by atoms with Gasteiger partial charge in [-0.05, 0) is 39.0 Å². The third kappa shape index (κ3) is 4.00. The molecule has 1 aromatic carbocycles. The highest BCUT2D eigenvalue weighted by molar-refractivity contribution is 5.90. The molecule has 0 atom stereocenters. The van der Waals surface area contributed by atoms with Gasteiger partial charge >= 0.3 is 5.97 Å². The third-order valence-corrected chi connectivity index (χ3v) is 2.90. The van der Waals surface area contributed by atoms with Crippen LogP contribution in [-0.2, 0) is 11.3 Å². The Kier molecular flexibility index (Phi) is 4.40. The van der Waals surface area contributed by atoms with Crippen molar-refractivity contribution < 1.29 is 14.3 Å². The van der Waals surface area contributed by atoms with Crippen molar-refractivity contribution in [2.75, 3.05) is 12.8 Å². The highest BCUT2D eigenvalue weighted by atomic mass is 16.6. The standard InChI is InChI=1S/C16H21N3O3/c1-16(2,3)22-15(20)11-5-6-14(21-4)12(7-11)9-19-10-13(17)8-18-19/h5-8,10H,9,17H2,1-4H3. The first-order valence-electron chi connectivity index (χ1n) is 6.96. The fraction of sp³-hybridized carbons (Fsp3) is 0.375. The van der Waals surface area contributed by atoms with E-state index in [0.29, 0.717) is 23.5 Å². The van der Waals surface area contributed by atoms with Gasteiger partial charge in [-0.15, -0.1) is 0 Å². The van der Waals surface area contributed by atoms with Gasteiger partial charge in [0.2, 0.25) is 0 Å². The number of carbonyl (C=O) groups excluding carboxylic acids is 1. The van der Waals surface area contributed by atoms with Crippen LogP contribution in [-0.4, -0.2) is 28.5 Å². The highest BCUT2D eigenvalue weighted by Crippen LogP contribution is 2.22. The molecule has 0 fully saturated rings. The van der Waals surface area contributed by atoms with E-state index in [1.165, 1.54) is 0 Å². The summed E-state index contributed by atoms with van der Waals surface area (Å²) in [6.45, 7) is 5.96. The van der Waals surface area contributed by atoms with Crippen LogP contribution in [0.2, 0.25) is 0 Å². The number of hydrogen-bond donors (Lipinski definition) is 1. The monoisotopic (exact) mass is 303 g/mol. The molecule has 1 aromatic heterocycles. The van der Waals surface area contributed by atoms with E-state index < -0.39 is 5.60 Å². The topological polar surface area (TPSA) is 79.4 Å². The van der Waals surface area contributed by atoms with Crippen molar-refractivity contribution in [3.63, 3.8) is 0 Å². The summed E-state index contributed by atoms with van der Waals surface area (Å²) in [4.78, 5) is 12.2. The van der Waals surface area contributed by atoms with Crippen molar-refractivity contribution in [2.24, 2.45) is 0 Å². The summed E-state index contributed by atoms with van der Waals surface area (Å²) in [6.07, 6.45) is 3.30. The molecule has 0 saturated carbocycles. The number of methoxy groups -OCH3 is 1. The number of nitrogens with two attached hydrogens (primary N) is 1. The number of carbonyl (C=O) groups is 1. The van der Waals surface area contributed by atoms with Crippen molar-refractivity contribution >= 4 is 11.7 Å². The zero-order chi connectivity index (χ0) is 16.3. The zero-order valence-electron chi connectivity index (χ0n) is 13.3. The van der Waals surface area contributed by atoms with E-state index in [0.717, 1.165) is 5.56 Å². The van der Waals surface area contributed by atoms with Gasteiger partial charge in [0.1, 0.15) is 11.4 Å². The lowest BCUT2D eigenvalue weighted by atomic mass is 10.1. The van der Waals surface area contributed by atoms with Gasteiger partial charge in [0.25, 0.3) is 0 Å². The molecule has 0 aliphatic carbocycles. The molecule has 0 unspecified atom stereocenters. The molecule has 0 bridgehead atoms. The molecule has 0 radical (unpaired) electrons. The van der Waals surface area contributed by atoms with E-state index in [9.17, 15) is 4.79 Å². The van der Waals surface area contributed by atoms with Crippen LogP contribution >= 0.6 is 0 Å². The molecular weight excluding hydrogens is 282 g/mol. The van der Waals surface area contributed by atoms with Gasteiger partial charge < -0.3 is 15.2 Å². The first-order chi connectivity index (χ1) is 10.3. The van der Waals surface area contributed by atoms with Crippen molar-refractivity contribution in [3.8, 4) is 5.75 Å². The molecule has 0 aliphatic rings. The number of nitrogens with zero attached hydrogens (tertiary/aromatic N) is 2. The molecule has 2 aromatic rings. The summed E-state index contributed by atoms with van der Waals surface area (Å²) in [5, 5.41) is 4.14. The highest BCUT2D eigenvalue weighted by Gasteiger charge is 2.19. The fourth-order valence-corrected chi connectivity index (χ4v) is 2.01. The van der Waals surface area contributed by atoms with Gasteiger partial charge in [-0.2, -0.15) is 5.10 Å². The number of anilines is 1. The molecule has 22 heavy (non-hydrogen) atoms. The molecule has 118 valence electrons. The molecule has 0 amide bonds. The van der Waals surface area contributed by atoms with Crippen LogP contribution < -0.4 is 10.5 Å². The maximum atomic E-state index is 12.2. The minimum Gasteiger partial charge on any atom is -0.496 e. The van der Waals surface area contributed by atoms with E-state index in [-0.39, 0.29) is 5.97 Å². The Morgan fingerprint density at radius 1 is 1.36 bits per heavy atom. The molecule has 2 N–H and O–H groups in total. The molecule has 0 aliphatic heterocycles. The molecule has 6 heteroatoms. The Morgan fingerprint density at radius 2 is 2.09 bits per heavy atom. The largest absolute Gasteiger partial charge is 0.496 e. The zero-order valence-corrected chi connectivity index (χ0v) is 13.3.